The van der Waals surface area contributed by atoms with Crippen LogP contribution in [0.5, 0.6) is 5.75 Å². The maximum atomic E-state index is 13.7. The second-order valence-corrected chi connectivity index (χ2v) is 6.03. The average molecular weight is 338 g/mol. The van der Waals surface area contributed by atoms with Gasteiger partial charge in [0.15, 0.2) is 11.6 Å². The molecule has 1 atom stereocenters. The standard InChI is InChI=1S/C15H19FN4O2S/c1-4-5-13-19-20-15(23-13)18-14(21)17-9(2)10-6-7-12(22-3)11(16)8-10/h6-9H,4-5H2,1-3H3,(H2,17,18,20,21)/t9-/m1/s1. The number of urea groups is 1. The van der Waals surface area contributed by atoms with Crippen LogP contribution in [0.3, 0.4) is 0 Å². The number of hydrogen-bond acceptors (Lipinski definition) is 5. The number of ether oxygens (including phenoxy) is 1. The summed E-state index contributed by atoms with van der Waals surface area (Å²) in [6.07, 6.45) is 1.81. The number of anilines is 1. The van der Waals surface area contributed by atoms with Gasteiger partial charge in [0.25, 0.3) is 0 Å². The van der Waals surface area contributed by atoms with Crippen molar-refractivity contribution in [3.05, 3.63) is 34.6 Å². The fraction of sp³-hybridized carbons (Fsp3) is 0.400. The molecule has 124 valence electrons. The Balaban J connectivity index is 1.94. The first-order valence-electron chi connectivity index (χ1n) is 7.26. The van der Waals surface area contributed by atoms with Crippen LogP contribution >= 0.6 is 11.3 Å². The topological polar surface area (TPSA) is 76.1 Å². The van der Waals surface area contributed by atoms with E-state index in [0.717, 1.165) is 17.8 Å². The molecule has 2 amide bonds. The fourth-order valence-corrected chi connectivity index (χ4v) is 2.82. The molecule has 0 aliphatic carbocycles. The van der Waals surface area contributed by atoms with E-state index in [4.69, 9.17) is 4.74 Å². The van der Waals surface area contributed by atoms with Crippen LogP contribution in [0.4, 0.5) is 14.3 Å². The van der Waals surface area contributed by atoms with Gasteiger partial charge in [-0.05, 0) is 31.0 Å². The molecule has 1 heterocycles. The molecule has 0 fully saturated rings. The summed E-state index contributed by atoms with van der Waals surface area (Å²) in [6.45, 7) is 3.82. The number of halogens is 1. The number of hydrogen-bond donors (Lipinski definition) is 2. The number of aromatic nitrogens is 2. The molecule has 1 aromatic carbocycles. The Morgan fingerprint density at radius 2 is 2.22 bits per heavy atom. The molecular weight excluding hydrogens is 319 g/mol. The first-order valence-corrected chi connectivity index (χ1v) is 8.08. The van der Waals surface area contributed by atoms with Gasteiger partial charge in [0.1, 0.15) is 5.01 Å². The van der Waals surface area contributed by atoms with Crippen LogP contribution < -0.4 is 15.4 Å². The van der Waals surface area contributed by atoms with E-state index in [1.54, 1.807) is 13.0 Å². The van der Waals surface area contributed by atoms with E-state index in [-0.39, 0.29) is 11.8 Å². The molecule has 0 bridgehead atoms. The number of aryl methyl sites for hydroxylation is 1. The number of nitrogens with zero attached hydrogens (tertiary/aromatic N) is 2. The highest BCUT2D eigenvalue weighted by Gasteiger charge is 2.13. The number of carbonyl (C=O) groups excluding carboxylic acids is 1. The third-order valence-electron chi connectivity index (χ3n) is 3.17. The van der Waals surface area contributed by atoms with Crippen molar-refractivity contribution in [2.45, 2.75) is 32.7 Å². The summed E-state index contributed by atoms with van der Waals surface area (Å²) in [6, 6.07) is 3.81. The molecule has 0 saturated carbocycles. The highest BCUT2D eigenvalue weighted by molar-refractivity contribution is 7.15. The van der Waals surface area contributed by atoms with E-state index in [0.29, 0.717) is 10.7 Å². The molecule has 0 saturated heterocycles. The van der Waals surface area contributed by atoms with Crippen molar-refractivity contribution in [2.75, 3.05) is 12.4 Å². The van der Waals surface area contributed by atoms with Crippen LogP contribution in [0.1, 0.15) is 36.9 Å². The summed E-state index contributed by atoms with van der Waals surface area (Å²) in [7, 11) is 1.40. The molecule has 0 aliphatic heterocycles. The summed E-state index contributed by atoms with van der Waals surface area (Å²) >= 11 is 1.35. The minimum Gasteiger partial charge on any atom is -0.494 e. The quantitative estimate of drug-likeness (QED) is 0.845. The molecule has 8 heteroatoms. The van der Waals surface area contributed by atoms with Gasteiger partial charge in [-0.3, -0.25) is 5.32 Å². The Morgan fingerprint density at radius 3 is 2.87 bits per heavy atom. The lowest BCUT2D eigenvalue weighted by molar-refractivity contribution is 0.249. The maximum Gasteiger partial charge on any atom is 0.321 e. The highest BCUT2D eigenvalue weighted by Crippen LogP contribution is 2.22. The van der Waals surface area contributed by atoms with Crippen LogP contribution in [0.15, 0.2) is 18.2 Å². The molecule has 1 aromatic heterocycles. The molecule has 2 N–H and O–H groups in total. The lowest BCUT2D eigenvalue weighted by Gasteiger charge is -2.15. The molecule has 0 aliphatic rings. The van der Waals surface area contributed by atoms with E-state index in [9.17, 15) is 9.18 Å². The molecule has 6 nitrogen and oxygen atoms in total. The highest BCUT2D eigenvalue weighted by atomic mass is 32.1. The van der Waals surface area contributed by atoms with Gasteiger partial charge in [-0.15, -0.1) is 10.2 Å². The first-order chi connectivity index (χ1) is 11.0. The van der Waals surface area contributed by atoms with Crippen LogP contribution in [0, 0.1) is 5.82 Å². The van der Waals surface area contributed by atoms with Crippen molar-refractivity contribution in [1.82, 2.24) is 15.5 Å². The average Bonchev–Trinajstić information content (AvgIpc) is 2.94. The van der Waals surface area contributed by atoms with Crippen LogP contribution in [0.25, 0.3) is 0 Å². The van der Waals surface area contributed by atoms with Crippen molar-refractivity contribution < 1.29 is 13.9 Å². The number of rotatable bonds is 6. The first kappa shape index (κ1) is 17.1. The molecule has 0 radical (unpaired) electrons. The van der Waals surface area contributed by atoms with Crippen molar-refractivity contribution in [3.8, 4) is 5.75 Å². The van der Waals surface area contributed by atoms with Gasteiger partial charge >= 0.3 is 6.03 Å². The third-order valence-corrected chi connectivity index (χ3v) is 4.07. The minimum absolute atomic E-state index is 0.169. The molecule has 23 heavy (non-hydrogen) atoms. The number of benzene rings is 1. The third kappa shape index (κ3) is 4.62. The van der Waals surface area contributed by atoms with E-state index in [1.807, 2.05) is 0 Å². The summed E-state index contributed by atoms with van der Waals surface area (Å²) in [5.41, 5.74) is 0.641. The number of carbonyl (C=O) groups is 1. The number of amides is 2. The van der Waals surface area contributed by atoms with E-state index in [1.165, 1.54) is 30.6 Å². The van der Waals surface area contributed by atoms with Crippen molar-refractivity contribution in [2.24, 2.45) is 0 Å². The maximum absolute atomic E-state index is 13.7. The van der Waals surface area contributed by atoms with Gasteiger partial charge in [-0.1, -0.05) is 24.3 Å². The zero-order valence-corrected chi connectivity index (χ0v) is 14.0. The zero-order valence-electron chi connectivity index (χ0n) is 13.2. The number of methoxy groups -OCH3 is 1. The normalized spacial score (nSPS) is 11.8. The summed E-state index contributed by atoms with van der Waals surface area (Å²) in [5.74, 6) is -0.296. The fourth-order valence-electron chi connectivity index (χ4n) is 1.98. The van der Waals surface area contributed by atoms with Crippen molar-refractivity contribution in [1.29, 1.82) is 0 Å². The van der Waals surface area contributed by atoms with Gasteiger partial charge in [0, 0.05) is 6.42 Å². The monoisotopic (exact) mass is 338 g/mol. The Labute approximate surface area is 138 Å². The molecule has 2 aromatic rings. The number of nitrogens with one attached hydrogen (secondary N) is 2. The summed E-state index contributed by atoms with van der Waals surface area (Å²) < 4.78 is 18.6. The molecule has 2 rings (SSSR count). The minimum atomic E-state index is -0.465. The molecule has 0 unspecified atom stereocenters. The Kier molecular flexibility index (Phi) is 5.86. The summed E-state index contributed by atoms with van der Waals surface area (Å²) in [5, 5.41) is 14.6. The van der Waals surface area contributed by atoms with Crippen molar-refractivity contribution >= 4 is 22.5 Å². The van der Waals surface area contributed by atoms with Crippen LogP contribution in [-0.4, -0.2) is 23.3 Å². The van der Waals surface area contributed by atoms with E-state index < -0.39 is 11.8 Å². The van der Waals surface area contributed by atoms with E-state index in [2.05, 4.69) is 27.8 Å². The van der Waals surface area contributed by atoms with Gasteiger partial charge < -0.3 is 10.1 Å². The largest absolute Gasteiger partial charge is 0.494 e. The smallest absolute Gasteiger partial charge is 0.321 e. The lowest BCUT2D eigenvalue weighted by Crippen LogP contribution is -2.31. The van der Waals surface area contributed by atoms with Crippen LogP contribution in [0.2, 0.25) is 0 Å². The Bertz CT molecular complexity index is 677. The van der Waals surface area contributed by atoms with Gasteiger partial charge in [0.05, 0.1) is 13.2 Å². The van der Waals surface area contributed by atoms with Gasteiger partial charge in [0.2, 0.25) is 5.13 Å². The molecule has 0 spiro atoms. The second-order valence-electron chi connectivity index (χ2n) is 4.97. The van der Waals surface area contributed by atoms with Crippen molar-refractivity contribution in [3.63, 3.8) is 0 Å². The summed E-state index contributed by atoms with van der Waals surface area (Å²) in [4.78, 5) is 12.0. The molecular formula is C15H19FN4O2S. The van der Waals surface area contributed by atoms with E-state index >= 15 is 0 Å². The van der Waals surface area contributed by atoms with Gasteiger partial charge in [-0.2, -0.15) is 0 Å². The predicted molar refractivity (Wildman–Crippen MR) is 87.4 cm³/mol. The lowest BCUT2D eigenvalue weighted by atomic mass is 10.1. The second kappa shape index (κ2) is 7.87. The van der Waals surface area contributed by atoms with Gasteiger partial charge in [-0.25, -0.2) is 9.18 Å². The predicted octanol–water partition coefficient (Wildman–Crippen LogP) is 3.52. The zero-order chi connectivity index (χ0) is 16.8. The Hall–Kier alpha value is -2.22. The Morgan fingerprint density at radius 1 is 1.43 bits per heavy atom. The van der Waals surface area contributed by atoms with Crippen LogP contribution in [-0.2, 0) is 6.42 Å². The SMILES string of the molecule is CCCc1nnc(NC(=O)N[C@H](C)c2ccc(OC)c(F)c2)s1.